The minimum atomic E-state index is 0.433. The Morgan fingerprint density at radius 1 is 1.00 bits per heavy atom. The Morgan fingerprint density at radius 2 is 1.83 bits per heavy atom. The molecule has 1 saturated heterocycles. The van der Waals surface area contributed by atoms with Gasteiger partial charge < -0.3 is 9.15 Å². The van der Waals surface area contributed by atoms with E-state index in [1.807, 2.05) is 42.5 Å². The average Bonchev–Trinajstić information content (AvgIpc) is 3.02. The first-order valence-electron chi connectivity index (χ1n) is 8.01. The van der Waals surface area contributed by atoms with E-state index in [0.29, 0.717) is 11.5 Å². The summed E-state index contributed by atoms with van der Waals surface area (Å²) in [6, 6.07) is 15.8. The maximum Gasteiger partial charge on any atom is 0.150 e. The van der Waals surface area contributed by atoms with Crippen molar-refractivity contribution in [1.82, 2.24) is 0 Å². The molecule has 0 radical (unpaired) electrons. The summed E-state index contributed by atoms with van der Waals surface area (Å²) in [5, 5.41) is 1.17. The molecule has 3 nitrogen and oxygen atoms in total. The molecule has 2 heterocycles. The third-order valence-corrected chi connectivity index (χ3v) is 4.55. The molecule has 0 unspecified atom stereocenters. The van der Waals surface area contributed by atoms with Crippen LogP contribution in [0, 0.1) is 0 Å². The van der Waals surface area contributed by atoms with E-state index in [2.05, 4.69) is 6.07 Å². The van der Waals surface area contributed by atoms with E-state index >= 15 is 0 Å². The molecule has 0 amide bonds. The van der Waals surface area contributed by atoms with Crippen LogP contribution in [0.5, 0.6) is 0 Å². The molecule has 1 aromatic heterocycles. The normalized spacial score (nSPS) is 15.8. The van der Waals surface area contributed by atoms with Gasteiger partial charge in [-0.3, -0.25) is 4.79 Å². The Labute approximate surface area is 134 Å². The van der Waals surface area contributed by atoms with Gasteiger partial charge in [-0.1, -0.05) is 36.4 Å². The predicted molar refractivity (Wildman–Crippen MR) is 89.8 cm³/mol. The van der Waals surface area contributed by atoms with Crippen LogP contribution in [0.25, 0.3) is 22.3 Å². The van der Waals surface area contributed by atoms with Crippen molar-refractivity contribution in [1.29, 1.82) is 0 Å². The van der Waals surface area contributed by atoms with E-state index in [1.54, 1.807) is 0 Å². The Hall–Kier alpha value is -2.39. The summed E-state index contributed by atoms with van der Waals surface area (Å²) in [4.78, 5) is 11.1. The first-order chi connectivity index (χ1) is 11.4. The van der Waals surface area contributed by atoms with Crippen LogP contribution in [0.3, 0.4) is 0 Å². The fourth-order valence-corrected chi connectivity index (χ4v) is 3.42. The number of hydrogen-bond donors (Lipinski definition) is 0. The number of ether oxygens (including phenoxy) is 1. The molecule has 0 aliphatic carbocycles. The zero-order valence-corrected chi connectivity index (χ0v) is 12.8. The summed E-state index contributed by atoms with van der Waals surface area (Å²) < 4.78 is 11.7. The topological polar surface area (TPSA) is 39.4 Å². The smallest absolute Gasteiger partial charge is 0.150 e. The van der Waals surface area contributed by atoms with Crippen molar-refractivity contribution in [3.05, 3.63) is 59.7 Å². The van der Waals surface area contributed by atoms with Gasteiger partial charge in [0.05, 0.1) is 0 Å². The lowest BCUT2D eigenvalue weighted by Gasteiger charge is -2.22. The predicted octanol–water partition coefficient (Wildman–Crippen LogP) is 4.81. The summed E-state index contributed by atoms with van der Waals surface area (Å²) in [6.45, 7) is 1.58. The number of carbonyl (C=O) groups excluding carboxylic acids is 1. The van der Waals surface area contributed by atoms with Gasteiger partial charge in [0.1, 0.15) is 17.6 Å². The molecular formula is C20H18O3. The van der Waals surface area contributed by atoms with Crippen LogP contribution in [-0.2, 0) is 4.74 Å². The fraction of sp³-hybridized carbons (Fsp3) is 0.250. The molecule has 0 bridgehead atoms. The van der Waals surface area contributed by atoms with Gasteiger partial charge in [0.15, 0.2) is 0 Å². The highest BCUT2D eigenvalue weighted by Gasteiger charge is 2.25. The van der Waals surface area contributed by atoms with Gasteiger partial charge in [-0.15, -0.1) is 0 Å². The number of hydrogen-bond acceptors (Lipinski definition) is 3. The van der Waals surface area contributed by atoms with Gasteiger partial charge in [0.2, 0.25) is 0 Å². The molecule has 0 N–H and O–H groups in total. The van der Waals surface area contributed by atoms with Crippen LogP contribution < -0.4 is 0 Å². The lowest BCUT2D eigenvalue weighted by atomic mass is 9.88. The Bertz CT molecular complexity index is 841. The number of para-hydroxylation sites is 1. The second-order valence-corrected chi connectivity index (χ2v) is 5.97. The quantitative estimate of drug-likeness (QED) is 0.652. The van der Waals surface area contributed by atoms with Crippen LogP contribution in [-0.4, -0.2) is 19.5 Å². The highest BCUT2D eigenvalue weighted by Crippen LogP contribution is 2.41. The first kappa shape index (κ1) is 14.2. The van der Waals surface area contributed by atoms with Crippen LogP contribution in [0.2, 0.25) is 0 Å². The van der Waals surface area contributed by atoms with Crippen molar-refractivity contribution >= 4 is 17.3 Å². The van der Waals surface area contributed by atoms with Crippen LogP contribution in [0.4, 0.5) is 0 Å². The summed E-state index contributed by atoms with van der Waals surface area (Å²) in [6.07, 6.45) is 2.88. The number of furan rings is 1. The maximum absolute atomic E-state index is 11.1. The number of carbonyl (C=O) groups is 1. The van der Waals surface area contributed by atoms with E-state index in [9.17, 15) is 4.79 Å². The van der Waals surface area contributed by atoms with Crippen molar-refractivity contribution in [3.8, 4) is 11.3 Å². The molecule has 4 rings (SSSR count). The third kappa shape index (κ3) is 2.57. The van der Waals surface area contributed by atoms with Crippen molar-refractivity contribution in [2.24, 2.45) is 0 Å². The van der Waals surface area contributed by atoms with Gasteiger partial charge in [-0.2, -0.15) is 0 Å². The van der Waals surface area contributed by atoms with E-state index in [-0.39, 0.29) is 0 Å². The third-order valence-electron chi connectivity index (χ3n) is 4.55. The average molecular weight is 306 g/mol. The lowest BCUT2D eigenvalue weighted by Crippen LogP contribution is -2.14. The zero-order chi connectivity index (χ0) is 15.6. The number of fused-ring (bicyclic) bond motifs is 1. The van der Waals surface area contributed by atoms with E-state index < -0.39 is 0 Å². The van der Waals surface area contributed by atoms with E-state index in [0.717, 1.165) is 49.2 Å². The van der Waals surface area contributed by atoms with E-state index in [4.69, 9.17) is 9.15 Å². The minimum Gasteiger partial charge on any atom is -0.456 e. The van der Waals surface area contributed by atoms with Gasteiger partial charge in [-0.25, -0.2) is 0 Å². The first-order valence-corrected chi connectivity index (χ1v) is 8.01. The summed E-state index contributed by atoms with van der Waals surface area (Å²) in [5.41, 5.74) is 3.79. The van der Waals surface area contributed by atoms with Crippen LogP contribution in [0.15, 0.2) is 52.9 Å². The second-order valence-electron chi connectivity index (χ2n) is 5.97. The minimum absolute atomic E-state index is 0.433. The summed E-state index contributed by atoms with van der Waals surface area (Å²) in [7, 11) is 0. The molecule has 116 valence electrons. The largest absolute Gasteiger partial charge is 0.456 e. The van der Waals surface area contributed by atoms with Crippen LogP contribution in [0.1, 0.15) is 34.7 Å². The number of aldehydes is 1. The van der Waals surface area contributed by atoms with Crippen LogP contribution >= 0.6 is 0 Å². The Morgan fingerprint density at radius 3 is 2.65 bits per heavy atom. The molecule has 3 aromatic rings. The SMILES string of the molecule is O=Cc1cccc(-c2oc3ccccc3c2C2CCOCC2)c1. The molecular weight excluding hydrogens is 288 g/mol. The summed E-state index contributed by atoms with van der Waals surface area (Å²) in [5.74, 6) is 1.32. The van der Waals surface area contributed by atoms with Gasteiger partial charge >= 0.3 is 0 Å². The molecule has 23 heavy (non-hydrogen) atoms. The Balaban J connectivity index is 1.92. The molecule has 3 heteroatoms. The van der Waals surface area contributed by atoms with Gasteiger partial charge in [0.25, 0.3) is 0 Å². The Kier molecular flexibility index (Phi) is 3.72. The van der Waals surface area contributed by atoms with Gasteiger partial charge in [0, 0.05) is 35.3 Å². The highest BCUT2D eigenvalue weighted by molar-refractivity contribution is 5.89. The molecule has 1 aliphatic rings. The number of benzene rings is 2. The van der Waals surface area contributed by atoms with Crippen molar-refractivity contribution in [2.45, 2.75) is 18.8 Å². The highest BCUT2D eigenvalue weighted by atomic mass is 16.5. The van der Waals surface area contributed by atoms with Crippen molar-refractivity contribution in [3.63, 3.8) is 0 Å². The molecule has 1 fully saturated rings. The summed E-state index contributed by atoms with van der Waals surface area (Å²) >= 11 is 0. The molecule has 0 spiro atoms. The lowest BCUT2D eigenvalue weighted by molar-refractivity contribution is 0.0856. The maximum atomic E-state index is 11.1. The molecule has 1 aliphatic heterocycles. The molecule has 2 aromatic carbocycles. The standard InChI is InChI=1S/C20H18O3/c21-13-14-4-3-5-16(12-14)20-19(15-8-10-22-11-9-15)17-6-1-2-7-18(17)23-20/h1-7,12-13,15H,8-11H2. The van der Waals surface area contributed by atoms with Crippen molar-refractivity contribution in [2.75, 3.05) is 13.2 Å². The van der Waals surface area contributed by atoms with Gasteiger partial charge in [-0.05, 0) is 30.9 Å². The van der Waals surface area contributed by atoms with E-state index in [1.165, 1.54) is 10.9 Å². The zero-order valence-electron chi connectivity index (χ0n) is 12.8. The number of rotatable bonds is 3. The monoisotopic (exact) mass is 306 g/mol. The molecule has 0 saturated carbocycles. The second kappa shape index (κ2) is 6.01. The fourth-order valence-electron chi connectivity index (χ4n) is 3.42. The molecule has 0 atom stereocenters. The van der Waals surface area contributed by atoms with Crippen molar-refractivity contribution < 1.29 is 13.9 Å².